The Bertz CT molecular complexity index is 724. The summed E-state index contributed by atoms with van der Waals surface area (Å²) in [6.45, 7) is 0.197. The number of aromatic nitrogens is 1. The Morgan fingerprint density at radius 1 is 1.55 bits per heavy atom. The molecule has 0 spiro atoms. The van der Waals surface area contributed by atoms with Gasteiger partial charge in [0.1, 0.15) is 12.6 Å². The van der Waals surface area contributed by atoms with Crippen LogP contribution in [0.15, 0.2) is 28.8 Å². The van der Waals surface area contributed by atoms with Crippen LogP contribution in [0.1, 0.15) is 27.9 Å². The molecule has 0 aliphatic carbocycles. The van der Waals surface area contributed by atoms with Crippen molar-refractivity contribution >= 4 is 29.1 Å². The van der Waals surface area contributed by atoms with Crippen LogP contribution in [0.5, 0.6) is 0 Å². The van der Waals surface area contributed by atoms with Crippen molar-refractivity contribution in [2.45, 2.75) is 12.6 Å². The lowest BCUT2D eigenvalue weighted by Gasteiger charge is -2.13. The first kappa shape index (κ1) is 16.3. The number of benzene rings is 1. The number of hydrogen-bond donors (Lipinski definition) is 1. The number of nitrogens with zero attached hydrogens (tertiary/aromatic N) is 2. The third kappa shape index (κ3) is 3.57. The number of hydrogen-bond acceptors (Lipinski definition) is 5. The molecule has 2 aromatic rings. The van der Waals surface area contributed by atoms with Gasteiger partial charge in [0.05, 0.1) is 16.1 Å². The molecule has 1 aromatic carbocycles. The number of halogens is 2. The lowest BCUT2D eigenvalue weighted by atomic mass is 10.1. The summed E-state index contributed by atoms with van der Waals surface area (Å²) in [7, 11) is 1.50. The first-order chi connectivity index (χ1) is 10.6. The van der Waals surface area contributed by atoms with Gasteiger partial charge >= 0.3 is 0 Å². The average molecular weight is 340 g/mol. The molecule has 0 saturated heterocycles. The van der Waals surface area contributed by atoms with Crippen LogP contribution < -0.4 is 5.32 Å². The first-order valence-electron chi connectivity index (χ1n) is 6.15. The van der Waals surface area contributed by atoms with Crippen molar-refractivity contribution in [3.8, 4) is 6.07 Å². The quantitative estimate of drug-likeness (QED) is 0.903. The minimum Gasteiger partial charge on any atom is -0.377 e. The molecular weight excluding hydrogens is 329 g/mol. The van der Waals surface area contributed by atoms with Crippen molar-refractivity contribution in [1.82, 2.24) is 10.5 Å². The van der Waals surface area contributed by atoms with E-state index >= 15 is 0 Å². The van der Waals surface area contributed by atoms with Crippen molar-refractivity contribution in [2.75, 3.05) is 7.11 Å². The average Bonchev–Trinajstić information content (AvgIpc) is 2.97. The number of nitriles is 1. The fourth-order valence-corrected chi connectivity index (χ4v) is 2.18. The molecule has 1 amide bonds. The van der Waals surface area contributed by atoms with Gasteiger partial charge in [0.15, 0.2) is 11.5 Å². The molecule has 1 heterocycles. The minimum atomic E-state index is -0.957. The Kier molecular flexibility index (Phi) is 5.39. The predicted molar refractivity (Wildman–Crippen MR) is 79.5 cm³/mol. The van der Waals surface area contributed by atoms with E-state index in [2.05, 4.69) is 10.5 Å². The van der Waals surface area contributed by atoms with E-state index in [0.717, 1.165) is 0 Å². The minimum absolute atomic E-state index is 0.0467. The van der Waals surface area contributed by atoms with Crippen molar-refractivity contribution in [1.29, 1.82) is 5.26 Å². The Morgan fingerprint density at radius 3 is 3.00 bits per heavy atom. The summed E-state index contributed by atoms with van der Waals surface area (Å²) < 4.78 is 9.80. The molecule has 114 valence electrons. The van der Waals surface area contributed by atoms with Gasteiger partial charge in [-0.1, -0.05) is 40.5 Å². The molecule has 1 atom stereocenters. The maximum absolute atomic E-state index is 12.1. The van der Waals surface area contributed by atoms with E-state index in [0.29, 0.717) is 16.3 Å². The Morgan fingerprint density at radius 2 is 2.32 bits per heavy atom. The highest BCUT2D eigenvalue weighted by molar-refractivity contribution is 6.42. The zero-order chi connectivity index (χ0) is 16.1. The van der Waals surface area contributed by atoms with E-state index < -0.39 is 11.9 Å². The van der Waals surface area contributed by atoms with Crippen LogP contribution in [0, 0.1) is 11.3 Å². The summed E-state index contributed by atoms with van der Waals surface area (Å²) in [5, 5.41) is 15.9. The van der Waals surface area contributed by atoms with Gasteiger partial charge in [-0.15, -0.1) is 0 Å². The highest BCUT2D eigenvalue weighted by atomic mass is 35.5. The van der Waals surface area contributed by atoms with Crippen LogP contribution in [0.25, 0.3) is 0 Å². The lowest BCUT2D eigenvalue weighted by Crippen LogP contribution is -2.28. The molecule has 0 aliphatic rings. The van der Waals surface area contributed by atoms with Crippen molar-refractivity contribution in [2.24, 2.45) is 0 Å². The second-order valence-electron chi connectivity index (χ2n) is 4.29. The number of amides is 1. The topological polar surface area (TPSA) is 88.1 Å². The molecule has 1 aromatic heterocycles. The Labute approximate surface area is 136 Å². The Balaban J connectivity index is 2.17. The van der Waals surface area contributed by atoms with E-state index in [9.17, 15) is 10.1 Å². The molecule has 0 fully saturated rings. The number of rotatable bonds is 5. The van der Waals surface area contributed by atoms with Gasteiger partial charge in [-0.3, -0.25) is 4.79 Å². The fraction of sp³-hybridized carbons (Fsp3) is 0.214. The molecule has 0 bridgehead atoms. The molecule has 0 aliphatic heterocycles. The molecule has 1 unspecified atom stereocenters. The van der Waals surface area contributed by atoms with Crippen LogP contribution in [-0.4, -0.2) is 18.2 Å². The van der Waals surface area contributed by atoms with Crippen molar-refractivity contribution in [3.05, 3.63) is 51.3 Å². The third-order valence-corrected chi connectivity index (χ3v) is 3.61. The number of carbonyl (C=O) groups is 1. The Hall–Kier alpha value is -2.07. The van der Waals surface area contributed by atoms with E-state index in [4.69, 9.17) is 32.5 Å². The highest BCUT2D eigenvalue weighted by Crippen LogP contribution is 2.29. The normalized spacial score (nSPS) is 11.7. The van der Waals surface area contributed by atoms with E-state index in [1.165, 1.54) is 13.2 Å². The van der Waals surface area contributed by atoms with Crippen LogP contribution in [0.3, 0.4) is 0 Å². The molecule has 0 saturated carbocycles. The molecule has 2 rings (SSSR count). The summed E-state index contributed by atoms with van der Waals surface area (Å²) in [6.07, 6.45) is 0. The maximum atomic E-state index is 12.1. The number of ether oxygens (including phenoxy) is 1. The van der Waals surface area contributed by atoms with Crippen molar-refractivity contribution in [3.63, 3.8) is 0 Å². The molecule has 1 N–H and O–H groups in total. The number of methoxy groups -OCH3 is 1. The zero-order valence-electron chi connectivity index (χ0n) is 11.5. The molecule has 22 heavy (non-hydrogen) atoms. The van der Waals surface area contributed by atoms with Gasteiger partial charge in [-0.25, -0.2) is 0 Å². The third-order valence-electron chi connectivity index (χ3n) is 2.78. The smallest absolute Gasteiger partial charge is 0.274 e. The molecule has 6 nitrogen and oxygen atoms in total. The summed E-state index contributed by atoms with van der Waals surface area (Å²) in [5.74, 6) is -0.157. The van der Waals surface area contributed by atoms with E-state index in [-0.39, 0.29) is 17.3 Å². The van der Waals surface area contributed by atoms with Gasteiger partial charge in [-0.05, 0) is 6.07 Å². The second-order valence-corrected chi connectivity index (χ2v) is 5.08. The molecule has 0 radical (unpaired) electrons. The van der Waals surface area contributed by atoms with E-state index in [1.54, 1.807) is 18.2 Å². The first-order valence-corrected chi connectivity index (χ1v) is 6.91. The zero-order valence-corrected chi connectivity index (χ0v) is 13.0. The van der Waals surface area contributed by atoms with Crippen LogP contribution in [0.2, 0.25) is 10.0 Å². The largest absolute Gasteiger partial charge is 0.377 e. The fourth-order valence-electron chi connectivity index (χ4n) is 1.76. The van der Waals surface area contributed by atoms with Gasteiger partial charge in [0.2, 0.25) is 0 Å². The van der Waals surface area contributed by atoms with Crippen LogP contribution >= 0.6 is 23.2 Å². The van der Waals surface area contributed by atoms with Crippen LogP contribution in [0.4, 0.5) is 0 Å². The summed E-state index contributed by atoms with van der Waals surface area (Å²) in [5.41, 5.74) is 0.455. The van der Waals surface area contributed by atoms with Gasteiger partial charge in [0.25, 0.3) is 5.91 Å². The number of carbonyl (C=O) groups excluding carboxylic acids is 1. The predicted octanol–water partition coefficient (Wildman–Crippen LogP) is 3.12. The monoisotopic (exact) mass is 339 g/mol. The summed E-state index contributed by atoms with van der Waals surface area (Å²) >= 11 is 12.0. The van der Waals surface area contributed by atoms with Gasteiger partial charge in [0, 0.05) is 18.7 Å². The second kappa shape index (κ2) is 7.27. The standard InChI is InChI=1S/C14H11Cl2N3O3/c1-21-7-8-5-11(19-22-8)14(20)18-12(6-17)9-3-2-4-10(15)13(9)16/h2-5,12H,7H2,1H3,(H,18,20). The van der Waals surface area contributed by atoms with E-state index in [1.807, 2.05) is 6.07 Å². The molecular formula is C14H11Cl2N3O3. The van der Waals surface area contributed by atoms with Crippen LogP contribution in [-0.2, 0) is 11.3 Å². The lowest BCUT2D eigenvalue weighted by molar-refractivity contribution is 0.0935. The summed E-state index contributed by atoms with van der Waals surface area (Å²) in [6, 6.07) is 7.29. The number of nitrogens with one attached hydrogen (secondary N) is 1. The SMILES string of the molecule is COCc1cc(C(=O)NC(C#N)c2cccc(Cl)c2Cl)no1. The van der Waals surface area contributed by atoms with Gasteiger partial charge < -0.3 is 14.6 Å². The summed E-state index contributed by atoms with van der Waals surface area (Å²) in [4.78, 5) is 12.1. The highest BCUT2D eigenvalue weighted by Gasteiger charge is 2.21. The maximum Gasteiger partial charge on any atom is 0.274 e. The van der Waals surface area contributed by atoms with Crippen molar-refractivity contribution < 1.29 is 14.1 Å². The molecule has 8 heteroatoms. The van der Waals surface area contributed by atoms with Gasteiger partial charge in [-0.2, -0.15) is 5.26 Å².